The molecule has 0 aromatic heterocycles. The third-order valence-electron chi connectivity index (χ3n) is 0.752. The summed E-state index contributed by atoms with van der Waals surface area (Å²) in [7, 11) is 0. The molecule has 0 aliphatic carbocycles. The van der Waals surface area contributed by atoms with Crippen LogP contribution in [0.5, 0.6) is 0 Å². The fourth-order valence-electron chi connectivity index (χ4n) is 0.355. The zero-order valence-electron chi connectivity index (χ0n) is 5.99. The van der Waals surface area contributed by atoms with Gasteiger partial charge < -0.3 is 15.3 Å². The molecule has 0 rings (SSSR count). The van der Waals surface area contributed by atoms with Gasteiger partial charge in [0.25, 0.3) is 0 Å². The topological polar surface area (TPSA) is 70.9 Å². The average molecular weight is 158 g/mol. The van der Waals surface area contributed by atoms with Crippen molar-refractivity contribution < 1.29 is 14.7 Å². The Labute approximate surface area is 64.3 Å². The Morgan fingerprint density at radius 3 is 3.09 bits per heavy atom. The molecule has 1 amide bonds. The second kappa shape index (κ2) is 6.60. The molecule has 0 heterocycles. The van der Waals surface area contributed by atoms with Crippen LogP contribution in [-0.2, 0) is 4.74 Å². The van der Waals surface area contributed by atoms with Crippen LogP contribution in [0.3, 0.4) is 0 Å². The Bertz CT molecular complexity index is 156. The molecule has 0 aliphatic rings. The molecule has 0 fully saturated rings. The zero-order valence-corrected chi connectivity index (χ0v) is 5.99. The first-order chi connectivity index (χ1) is 5.31. The number of ether oxygens (including phenoxy) is 1. The summed E-state index contributed by atoms with van der Waals surface area (Å²) in [6, 6.07) is 0. The lowest BCUT2D eigenvalue weighted by Gasteiger charge is -2.00. The summed E-state index contributed by atoms with van der Waals surface area (Å²) in [5.74, 6) is 0. The lowest BCUT2D eigenvalue weighted by Crippen LogP contribution is -2.25. The number of nitrogens with one attached hydrogen (secondary N) is 1. The van der Waals surface area contributed by atoms with E-state index in [2.05, 4.69) is 21.8 Å². The minimum absolute atomic E-state index is 0.145. The predicted molar refractivity (Wildman–Crippen MR) is 39.8 cm³/mol. The first-order valence-electron chi connectivity index (χ1n) is 2.98. The van der Waals surface area contributed by atoms with Crippen molar-refractivity contribution >= 4 is 12.3 Å². The van der Waals surface area contributed by atoms with E-state index < -0.39 is 6.09 Å². The normalized spacial score (nSPS) is 9.45. The number of carbonyl (C=O) groups is 1. The summed E-state index contributed by atoms with van der Waals surface area (Å²) in [6.45, 7) is 3.67. The zero-order chi connectivity index (χ0) is 8.53. The highest BCUT2D eigenvalue weighted by Crippen LogP contribution is 1.75. The number of alkyl carbamates (subject to hydrolysis) is 1. The van der Waals surface area contributed by atoms with E-state index in [1.165, 1.54) is 6.08 Å². The van der Waals surface area contributed by atoms with Crippen LogP contribution in [0.25, 0.3) is 0 Å². The molecule has 2 N–H and O–H groups in total. The molecule has 0 saturated heterocycles. The van der Waals surface area contributed by atoms with Gasteiger partial charge in [-0.05, 0) is 0 Å². The van der Waals surface area contributed by atoms with E-state index in [1.807, 2.05) is 0 Å². The lowest BCUT2D eigenvalue weighted by atomic mass is 10.7. The third kappa shape index (κ3) is 6.36. The molecule has 0 aromatic carbocycles. The Morgan fingerprint density at radius 1 is 1.82 bits per heavy atom. The fourth-order valence-corrected chi connectivity index (χ4v) is 0.355. The van der Waals surface area contributed by atoms with Crippen LogP contribution in [0.2, 0.25) is 0 Å². The van der Waals surface area contributed by atoms with Gasteiger partial charge in [-0.15, -0.1) is 5.16 Å². The van der Waals surface area contributed by atoms with E-state index in [9.17, 15) is 4.79 Å². The molecule has 62 valence electrons. The first kappa shape index (κ1) is 9.48. The van der Waals surface area contributed by atoms with Gasteiger partial charge in [-0.2, -0.15) is 0 Å². The fraction of sp³-hybridized carbons (Fsp3) is 0.333. The van der Waals surface area contributed by atoms with Crippen LogP contribution in [0.1, 0.15) is 0 Å². The Balaban J connectivity index is 3.29. The highest BCUT2D eigenvalue weighted by atomic mass is 16.5. The number of amides is 1. The minimum atomic E-state index is -0.565. The summed E-state index contributed by atoms with van der Waals surface area (Å²) in [4.78, 5) is 10.6. The molecule has 0 spiro atoms. The van der Waals surface area contributed by atoms with Crippen molar-refractivity contribution in [2.24, 2.45) is 5.16 Å². The molecule has 0 bridgehead atoms. The van der Waals surface area contributed by atoms with Crippen molar-refractivity contribution in [1.82, 2.24) is 5.32 Å². The molecule has 5 heteroatoms. The molecule has 0 unspecified atom stereocenters. The first-order valence-corrected chi connectivity index (χ1v) is 2.98. The quantitative estimate of drug-likeness (QED) is 0.268. The van der Waals surface area contributed by atoms with Crippen molar-refractivity contribution in [3.05, 3.63) is 12.7 Å². The molecule has 0 saturated carbocycles. The number of hydrogen-bond donors (Lipinski definition) is 2. The summed E-state index contributed by atoms with van der Waals surface area (Å²) in [5.41, 5.74) is 0. The van der Waals surface area contributed by atoms with E-state index in [-0.39, 0.29) is 13.2 Å². The van der Waals surface area contributed by atoms with Crippen LogP contribution < -0.4 is 5.32 Å². The molecular weight excluding hydrogens is 148 g/mol. The standard InChI is InChI=1S/C6H10N2O3/c1-2-5-11-6(9)7-3-4-8-10/h2,4,10H,1,3,5H2,(H,7,9). The summed E-state index contributed by atoms with van der Waals surface area (Å²) in [6.07, 6.45) is 2.03. The van der Waals surface area contributed by atoms with Crippen molar-refractivity contribution in [3.8, 4) is 0 Å². The maximum Gasteiger partial charge on any atom is 0.407 e. The molecule has 0 aromatic rings. The summed E-state index contributed by atoms with van der Waals surface area (Å²) in [5, 5.41) is 12.9. The molecular formula is C6H10N2O3. The van der Waals surface area contributed by atoms with E-state index in [0.717, 1.165) is 6.21 Å². The van der Waals surface area contributed by atoms with E-state index in [0.29, 0.717) is 0 Å². The van der Waals surface area contributed by atoms with Crippen LogP contribution in [0.4, 0.5) is 4.79 Å². The molecule has 0 radical (unpaired) electrons. The van der Waals surface area contributed by atoms with E-state index in [4.69, 9.17) is 5.21 Å². The van der Waals surface area contributed by atoms with Crippen molar-refractivity contribution in [3.63, 3.8) is 0 Å². The van der Waals surface area contributed by atoms with Crippen molar-refractivity contribution in [2.75, 3.05) is 13.2 Å². The smallest absolute Gasteiger partial charge is 0.407 e. The van der Waals surface area contributed by atoms with Crippen LogP contribution in [-0.4, -0.2) is 30.7 Å². The van der Waals surface area contributed by atoms with E-state index in [1.54, 1.807) is 0 Å². The monoisotopic (exact) mass is 158 g/mol. The predicted octanol–water partition coefficient (Wildman–Crippen LogP) is 0.359. The van der Waals surface area contributed by atoms with Gasteiger partial charge in [0, 0.05) is 0 Å². The van der Waals surface area contributed by atoms with E-state index >= 15 is 0 Å². The van der Waals surface area contributed by atoms with Gasteiger partial charge in [0.2, 0.25) is 0 Å². The average Bonchev–Trinajstić information content (AvgIpc) is 2.01. The molecule has 0 atom stereocenters. The van der Waals surface area contributed by atoms with Gasteiger partial charge in [-0.3, -0.25) is 0 Å². The maximum absolute atomic E-state index is 10.6. The van der Waals surface area contributed by atoms with Gasteiger partial charge in [0.15, 0.2) is 0 Å². The highest BCUT2D eigenvalue weighted by molar-refractivity contribution is 5.72. The second-order valence-electron chi connectivity index (χ2n) is 1.57. The lowest BCUT2D eigenvalue weighted by molar-refractivity contribution is 0.160. The second-order valence-corrected chi connectivity index (χ2v) is 1.57. The SMILES string of the molecule is C=CCOC(=O)NCC=NO. The highest BCUT2D eigenvalue weighted by Gasteiger charge is 1.95. The van der Waals surface area contributed by atoms with Gasteiger partial charge in [0.05, 0.1) is 12.8 Å². The maximum atomic E-state index is 10.6. The number of nitrogens with zero attached hydrogens (tertiary/aromatic N) is 1. The van der Waals surface area contributed by atoms with Gasteiger partial charge in [-0.1, -0.05) is 12.7 Å². The van der Waals surface area contributed by atoms with Crippen LogP contribution >= 0.6 is 0 Å². The Hall–Kier alpha value is -1.52. The van der Waals surface area contributed by atoms with Gasteiger partial charge in [0.1, 0.15) is 6.61 Å². The number of hydrogen-bond acceptors (Lipinski definition) is 4. The molecule has 0 aliphatic heterocycles. The minimum Gasteiger partial charge on any atom is -0.445 e. The molecule has 5 nitrogen and oxygen atoms in total. The third-order valence-corrected chi connectivity index (χ3v) is 0.752. The summed E-state index contributed by atoms with van der Waals surface area (Å²) >= 11 is 0. The summed E-state index contributed by atoms with van der Waals surface area (Å²) < 4.78 is 4.53. The van der Waals surface area contributed by atoms with Crippen molar-refractivity contribution in [2.45, 2.75) is 0 Å². The van der Waals surface area contributed by atoms with Gasteiger partial charge >= 0.3 is 6.09 Å². The largest absolute Gasteiger partial charge is 0.445 e. The Kier molecular flexibility index (Phi) is 5.69. The van der Waals surface area contributed by atoms with Crippen molar-refractivity contribution in [1.29, 1.82) is 0 Å². The Morgan fingerprint density at radius 2 is 2.55 bits per heavy atom. The van der Waals surface area contributed by atoms with Gasteiger partial charge in [-0.25, -0.2) is 4.79 Å². The van der Waals surface area contributed by atoms with Crippen LogP contribution in [0.15, 0.2) is 17.8 Å². The number of oxime groups is 1. The van der Waals surface area contributed by atoms with Crippen LogP contribution in [0, 0.1) is 0 Å². The molecule has 11 heavy (non-hydrogen) atoms. The number of rotatable bonds is 4. The number of carbonyl (C=O) groups excluding carboxylic acids is 1.